The second-order valence-electron chi connectivity index (χ2n) is 3.82. The Bertz CT molecular complexity index is 577. The van der Waals surface area contributed by atoms with Crippen LogP contribution in [-0.4, -0.2) is 23.2 Å². The lowest BCUT2D eigenvalue weighted by Crippen LogP contribution is -2.13. The van der Waals surface area contributed by atoms with Crippen molar-refractivity contribution in [3.8, 4) is 5.75 Å². The summed E-state index contributed by atoms with van der Waals surface area (Å²) in [5.74, 6) is 0.392. The number of rotatable bonds is 3. The molecule has 1 aromatic heterocycles. The van der Waals surface area contributed by atoms with Crippen molar-refractivity contribution in [3.63, 3.8) is 0 Å². The molecule has 4 N–H and O–H groups in total. The molecule has 0 aliphatic carbocycles. The molecule has 0 saturated heterocycles. The van der Waals surface area contributed by atoms with Crippen molar-refractivity contribution in [2.75, 3.05) is 18.2 Å². The van der Waals surface area contributed by atoms with Crippen LogP contribution in [0.1, 0.15) is 16.1 Å². The molecule has 0 unspecified atom stereocenters. The van der Waals surface area contributed by atoms with Crippen LogP contribution in [0.15, 0.2) is 24.4 Å². The smallest absolute Gasteiger partial charge is 0.259 e. The van der Waals surface area contributed by atoms with E-state index in [-0.39, 0.29) is 5.91 Å². The van der Waals surface area contributed by atoms with Crippen molar-refractivity contribution >= 4 is 17.3 Å². The van der Waals surface area contributed by atoms with Crippen LogP contribution in [0.25, 0.3) is 0 Å². The van der Waals surface area contributed by atoms with E-state index in [0.29, 0.717) is 28.4 Å². The molecular formula is C12H14N4O2. The molecule has 1 amide bonds. The van der Waals surface area contributed by atoms with Gasteiger partial charge in [-0.15, -0.1) is 0 Å². The third kappa shape index (κ3) is 2.27. The SMILES string of the molecule is COc1ccc(NC(=O)c2cn[nH]c2C)c(N)c1. The summed E-state index contributed by atoms with van der Waals surface area (Å²) in [5.41, 5.74) is 8.01. The highest BCUT2D eigenvalue weighted by atomic mass is 16.5. The molecule has 0 aliphatic heterocycles. The molecule has 0 saturated carbocycles. The monoisotopic (exact) mass is 246 g/mol. The molecule has 0 spiro atoms. The van der Waals surface area contributed by atoms with Crippen LogP contribution in [0.5, 0.6) is 5.75 Å². The summed E-state index contributed by atoms with van der Waals surface area (Å²) in [6.07, 6.45) is 1.48. The van der Waals surface area contributed by atoms with Gasteiger partial charge in [-0.2, -0.15) is 5.10 Å². The minimum atomic E-state index is -0.252. The van der Waals surface area contributed by atoms with Crippen molar-refractivity contribution in [1.82, 2.24) is 10.2 Å². The number of nitrogens with two attached hydrogens (primary N) is 1. The van der Waals surface area contributed by atoms with Crippen molar-refractivity contribution in [1.29, 1.82) is 0 Å². The van der Waals surface area contributed by atoms with E-state index in [1.54, 1.807) is 32.2 Å². The zero-order valence-corrected chi connectivity index (χ0v) is 10.2. The predicted octanol–water partition coefficient (Wildman–Crippen LogP) is 1.56. The summed E-state index contributed by atoms with van der Waals surface area (Å²) in [7, 11) is 1.56. The standard InChI is InChI=1S/C12H14N4O2/c1-7-9(6-14-16-7)12(17)15-11-4-3-8(18-2)5-10(11)13/h3-6H,13H2,1-2H3,(H,14,16)(H,15,17). The first kappa shape index (κ1) is 12.0. The largest absolute Gasteiger partial charge is 0.497 e. The molecule has 6 heteroatoms. The molecule has 2 aromatic rings. The third-order valence-corrected chi connectivity index (χ3v) is 2.58. The van der Waals surface area contributed by atoms with E-state index in [1.807, 2.05) is 0 Å². The maximum Gasteiger partial charge on any atom is 0.259 e. The van der Waals surface area contributed by atoms with Crippen LogP contribution < -0.4 is 15.8 Å². The Morgan fingerprint density at radius 1 is 1.50 bits per heavy atom. The molecule has 0 radical (unpaired) electrons. The molecule has 0 aliphatic rings. The van der Waals surface area contributed by atoms with E-state index >= 15 is 0 Å². The molecule has 2 rings (SSSR count). The highest BCUT2D eigenvalue weighted by Crippen LogP contribution is 2.24. The molecule has 1 heterocycles. The van der Waals surface area contributed by atoms with Gasteiger partial charge >= 0.3 is 0 Å². The molecule has 18 heavy (non-hydrogen) atoms. The average molecular weight is 246 g/mol. The van der Waals surface area contributed by atoms with Crippen LogP contribution in [0, 0.1) is 6.92 Å². The molecule has 0 bridgehead atoms. The Balaban J connectivity index is 2.20. The third-order valence-electron chi connectivity index (χ3n) is 2.58. The summed E-state index contributed by atoms with van der Waals surface area (Å²) in [6.45, 7) is 1.78. The van der Waals surface area contributed by atoms with Crippen molar-refractivity contribution in [2.24, 2.45) is 0 Å². The van der Waals surface area contributed by atoms with E-state index in [1.165, 1.54) is 6.20 Å². The average Bonchev–Trinajstić information content (AvgIpc) is 2.78. The lowest BCUT2D eigenvalue weighted by atomic mass is 10.2. The Morgan fingerprint density at radius 2 is 2.28 bits per heavy atom. The van der Waals surface area contributed by atoms with E-state index in [9.17, 15) is 4.79 Å². The number of carbonyl (C=O) groups excluding carboxylic acids is 1. The van der Waals surface area contributed by atoms with Crippen LogP contribution in [0.4, 0.5) is 11.4 Å². The Morgan fingerprint density at radius 3 is 2.83 bits per heavy atom. The first-order valence-corrected chi connectivity index (χ1v) is 5.36. The molecule has 94 valence electrons. The van der Waals surface area contributed by atoms with Gasteiger partial charge in [0.2, 0.25) is 0 Å². The minimum Gasteiger partial charge on any atom is -0.497 e. The highest BCUT2D eigenvalue weighted by Gasteiger charge is 2.12. The van der Waals surface area contributed by atoms with E-state index in [0.717, 1.165) is 0 Å². The number of benzene rings is 1. The number of nitrogens with zero attached hydrogens (tertiary/aromatic N) is 1. The number of carbonyl (C=O) groups is 1. The number of amides is 1. The molecule has 0 fully saturated rings. The number of hydrogen-bond acceptors (Lipinski definition) is 4. The van der Waals surface area contributed by atoms with Crippen LogP contribution >= 0.6 is 0 Å². The van der Waals surface area contributed by atoms with Gasteiger partial charge in [0.25, 0.3) is 5.91 Å². The van der Waals surface area contributed by atoms with Gasteiger partial charge in [-0.3, -0.25) is 9.89 Å². The van der Waals surface area contributed by atoms with Gasteiger partial charge in [-0.1, -0.05) is 0 Å². The van der Waals surface area contributed by atoms with Crippen LogP contribution in [-0.2, 0) is 0 Å². The van der Waals surface area contributed by atoms with E-state index in [2.05, 4.69) is 15.5 Å². The number of aromatic nitrogens is 2. The maximum atomic E-state index is 11.9. The first-order valence-electron chi connectivity index (χ1n) is 5.36. The van der Waals surface area contributed by atoms with E-state index < -0.39 is 0 Å². The Labute approximate surface area is 104 Å². The van der Waals surface area contributed by atoms with Crippen LogP contribution in [0.3, 0.4) is 0 Å². The number of anilines is 2. The number of nitrogens with one attached hydrogen (secondary N) is 2. The van der Waals surface area contributed by atoms with Gasteiger partial charge in [0.15, 0.2) is 0 Å². The van der Waals surface area contributed by atoms with E-state index in [4.69, 9.17) is 10.5 Å². The summed E-state index contributed by atoms with van der Waals surface area (Å²) in [5, 5.41) is 9.23. The lowest BCUT2D eigenvalue weighted by Gasteiger charge is -2.09. The zero-order valence-electron chi connectivity index (χ0n) is 10.2. The number of hydrogen-bond donors (Lipinski definition) is 3. The quantitative estimate of drug-likeness (QED) is 0.716. The van der Waals surface area contributed by atoms with Gasteiger partial charge in [0.05, 0.1) is 30.2 Å². The number of aryl methyl sites for hydroxylation is 1. The number of nitrogen functional groups attached to an aromatic ring is 1. The summed E-state index contributed by atoms with van der Waals surface area (Å²) >= 11 is 0. The zero-order chi connectivity index (χ0) is 13.1. The molecule has 6 nitrogen and oxygen atoms in total. The Kier molecular flexibility index (Phi) is 3.18. The molecular weight excluding hydrogens is 232 g/mol. The number of H-pyrrole nitrogens is 1. The maximum absolute atomic E-state index is 11.9. The van der Waals surface area contributed by atoms with Gasteiger partial charge in [0.1, 0.15) is 5.75 Å². The fourth-order valence-corrected chi connectivity index (χ4v) is 1.55. The molecule has 1 aromatic carbocycles. The van der Waals surface area contributed by atoms with Gasteiger partial charge in [-0.25, -0.2) is 0 Å². The van der Waals surface area contributed by atoms with Gasteiger partial charge in [-0.05, 0) is 19.1 Å². The topological polar surface area (TPSA) is 93.0 Å². The number of ether oxygens (including phenoxy) is 1. The van der Waals surface area contributed by atoms with Crippen molar-refractivity contribution < 1.29 is 9.53 Å². The summed E-state index contributed by atoms with van der Waals surface area (Å²) in [4.78, 5) is 11.9. The van der Waals surface area contributed by atoms with Gasteiger partial charge in [0, 0.05) is 11.8 Å². The second-order valence-corrected chi connectivity index (χ2v) is 3.82. The number of methoxy groups -OCH3 is 1. The summed E-state index contributed by atoms with van der Waals surface area (Å²) in [6, 6.07) is 5.08. The second kappa shape index (κ2) is 4.79. The fourth-order valence-electron chi connectivity index (χ4n) is 1.55. The summed E-state index contributed by atoms with van der Waals surface area (Å²) < 4.78 is 5.04. The normalized spacial score (nSPS) is 10.1. The van der Waals surface area contributed by atoms with Crippen molar-refractivity contribution in [3.05, 3.63) is 35.7 Å². The van der Waals surface area contributed by atoms with Gasteiger partial charge < -0.3 is 15.8 Å². The lowest BCUT2D eigenvalue weighted by molar-refractivity contribution is 0.102. The van der Waals surface area contributed by atoms with Crippen molar-refractivity contribution in [2.45, 2.75) is 6.92 Å². The highest BCUT2D eigenvalue weighted by molar-refractivity contribution is 6.06. The fraction of sp³-hybridized carbons (Fsp3) is 0.167. The number of aromatic amines is 1. The Hall–Kier alpha value is -2.50. The first-order chi connectivity index (χ1) is 8.61. The predicted molar refractivity (Wildman–Crippen MR) is 68.7 cm³/mol. The van der Waals surface area contributed by atoms with Crippen LogP contribution in [0.2, 0.25) is 0 Å². The minimum absolute atomic E-state index is 0.252. The molecule has 0 atom stereocenters.